The van der Waals surface area contributed by atoms with Gasteiger partial charge in [0, 0.05) is 20.3 Å². The maximum absolute atomic E-state index is 13.1. The topological polar surface area (TPSA) is 146 Å². The molecule has 0 radical (unpaired) electrons. The van der Waals surface area contributed by atoms with E-state index in [2.05, 4.69) is 15.0 Å². The number of aromatic nitrogens is 1. The number of sulfone groups is 1. The summed E-state index contributed by atoms with van der Waals surface area (Å²) in [4.78, 5) is 29.4. The second-order valence-corrected chi connectivity index (χ2v) is 12.4. The summed E-state index contributed by atoms with van der Waals surface area (Å²) in [5.74, 6) is -0.871. The Kier molecular flexibility index (Phi) is 6.04. The summed E-state index contributed by atoms with van der Waals surface area (Å²) >= 11 is 0. The van der Waals surface area contributed by atoms with Crippen molar-refractivity contribution in [3.05, 3.63) is 48.2 Å². The van der Waals surface area contributed by atoms with Crippen molar-refractivity contribution in [2.75, 3.05) is 23.7 Å². The van der Waals surface area contributed by atoms with E-state index in [0.717, 1.165) is 21.3 Å². The number of rotatable bonds is 7. The van der Waals surface area contributed by atoms with Gasteiger partial charge in [0.25, 0.3) is 15.7 Å². The second kappa shape index (κ2) is 8.41. The minimum Gasteiger partial charge on any atom is -0.322 e. The van der Waals surface area contributed by atoms with Crippen molar-refractivity contribution in [3.8, 4) is 0 Å². The molecule has 1 aliphatic carbocycles. The van der Waals surface area contributed by atoms with Gasteiger partial charge in [0.2, 0.25) is 0 Å². The number of urea groups is 1. The van der Waals surface area contributed by atoms with E-state index in [0.29, 0.717) is 24.1 Å². The third-order valence-corrected chi connectivity index (χ3v) is 8.88. The van der Waals surface area contributed by atoms with Crippen molar-refractivity contribution in [1.82, 2.24) is 14.6 Å². The van der Waals surface area contributed by atoms with Gasteiger partial charge in [-0.2, -0.15) is 25.9 Å². The SMILES string of the molecule is CN(C)S(=O)(=O)Nc1cc(CC2CC23NC(=O)N(c2ccc(S(=O)(=O)C(F)(F)F)cc2)C3=O)ccn1. The van der Waals surface area contributed by atoms with Gasteiger partial charge < -0.3 is 5.32 Å². The average molecular weight is 548 g/mol. The molecule has 1 aromatic carbocycles. The lowest BCUT2D eigenvalue weighted by Crippen LogP contribution is -2.35. The van der Waals surface area contributed by atoms with Crippen molar-refractivity contribution < 1.29 is 39.6 Å². The molecule has 2 N–H and O–H groups in total. The number of carbonyl (C=O) groups is 2. The molecule has 16 heteroatoms. The molecule has 2 fully saturated rings. The Morgan fingerprint density at radius 2 is 1.78 bits per heavy atom. The smallest absolute Gasteiger partial charge is 0.322 e. The lowest BCUT2D eigenvalue weighted by atomic mass is 10.1. The summed E-state index contributed by atoms with van der Waals surface area (Å²) in [6.07, 6.45) is 1.99. The van der Waals surface area contributed by atoms with Gasteiger partial charge in [0.15, 0.2) is 0 Å². The van der Waals surface area contributed by atoms with Gasteiger partial charge in [0.1, 0.15) is 11.4 Å². The van der Waals surface area contributed by atoms with E-state index in [1.54, 1.807) is 6.07 Å². The molecule has 36 heavy (non-hydrogen) atoms. The van der Waals surface area contributed by atoms with Gasteiger partial charge in [-0.15, -0.1) is 0 Å². The first-order valence-electron chi connectivity index (χ1n) is 10.3. The molecule has 11 nitrogen and oxygen atoms in total. The van der Waals surface area contributed by atoms with Crippen molar-refractivity contribution in [2.45, 2.75) is 28.8 Å². The molecule has 1 aliphatic heterocycles. The van der Waals surface area contributed by atoms with Crippen LogP contribution in [0.15, 0.2) is 47.5 Å². The standard InChI is InChI=1S/C20H20F3N5O6S2/c1-27(2)36(33,34)26-16-10-12(7-8-24-16)9-13-11-19(13)17(29)28(18(30)25-19)14-3-5-15(6-4-14)35(31,32)20(21,22)23/h3-8,10,13H,9,11H2,1-2H3,(H,24,26)(H,25,30). The average Bonchev–Trinajstić information content (AvgIpc) is 3.38. The van der Waals surface area contributed by atoms with Crippen LogP contribution < -0.4 is 14.9 Å². The van der Waals surface area contributed by atoms with Crippen LogP contribution in [0.1, 0.15) is 12.0 Å². The van der Waals surface area contributed by atoms with Gasteiger partial charge in [-0.05, 0) is 60.7 Å². The molecule has 2 aliphatic rings. The van der Waals surface area contributed by atoms with E-state index >= 15 is 0 Å². The molecule has 1 saturated carbocycles. The Morgan fingerprint density at radius 3 is 2.36 bits per heavy atom. The van der Waals surface area contributed by atoms with Crippen LogP contribution in [0.25, 0.3) is 0 Å². The number of benzene rings is 1. The van der Waals surface area contributed by atoms with Crippen LogP contribution in [0.2, 0.25) is 0 Å². The van der Waals surface area contributed by atoms with E-state index in [-0.39, 0.29) is 23.8 Å². The number of nitrogens with one attached hydrogen (secondary N) is 2. The normalized spacial score (nSPS) is 22.3. The van der Waals surface area contributed by atoms with Crippen LogP contribution in [0.5, 0.6) is 0 Å². The van der Waals surface area contributed by atoms with Crippen LogP contribution >= 0.6 is 0 Å². The Balaban J connectivity index is 1.49. The number of nitrogens with zero attached hydrogens (tertiary/aromatic N) is 3. The van der Waals surface area contributed by atoms with Gasteiger partial charge >= 0.3 is 21.7 Å². The molecule has 1 saturated heterocycles. The molecule has 2 atom stereocenters. The summed E-state index contributed by atoms with van der Waals surface area (Å²) < 4.78 is 88.7. The van der Waals surface area contributed by atoms with E-state index in [9.17, 15) is 39.6 Å². The van der Waals surface area contributed by atoms with Crippen LogP contribution in [-0.4, -0.2) is 63.2 Å². The van der Waals surface area contributed by atoms with E-state index < -0.39 is 47.9 Å². The first-order chi connectivity index (χ1) is 16.6. The summed E-state index contributed by atoms with van der Waals surface area (Å²) in [5, 5.41) is 2.62. The Morgan fingerprint density at radius 1 is 1.14 bits per heavy atom. The van der Waals surface area contributed by atoms with Crippen molar-refractivity contribution in [2.24, 2.45) is 5.92 Å². The molecule has 2 heterocycles. The third kappa shape index (κ3) is 4.39. The maximum atomic E-state index is 13.1. The molecule has 4 rings (SSSR count). The zero-order valence-corrected chi connectivity index (χ0v) is 20.4. The molecule has 1 aromatic heterocycles. The predicted molar refractivity (Wildman–Crippen MR) is 121 cm³/mol. The highest BCUT2D eigenvalue weighted by atomic mass is 32.2. The molecule has 194 valence electrons. The number of anilines is 2. The molecule has 2 unspecified atom stereocenters. The van der Waals surface area contributed by atoms with Crippen molar-refractivity contribution in [3.63, 3.8) is 0 Å². The number of hydrogen-bond donors (Lipinski definition) is 2. The maximum Gasteiger partial charge on any atom is 0.501 e. The number of imide groups is 1. The number of halogens is 3. The largest absolute Gasteiger partial charge is 0.501 e. The monoisotopic (exact) mass is 547 g/mol. The fourth-order valence-corrected chi connectivity index (χ4v) is 5.21. The highest BCUT2D eigenvalue weighted by Gasteiger charge is 2.67. The number of alkyl halides is 3. The molecule has 3 amide bonds. The Bertz CT molecular complexity index is 1440. The number of carbonyl (C=O) groups excluding carboxylic acids is 2. The fraction of sp³-hybridized carbons (Fsp3) is 0.350. The Labute approximate surface area is 204 Å². The number of pyridine rings is 1. The van der Waals surface area contributed by atoms with Gasteiger partial charge in [-0.3, -0.25) is 9.52 Å². The zero-order chi connectivity index (χ0) is 26.7. The van der Waals surface area contributed by atoms with Crippen LogP contribution in [0.3, 0.4) is 0 Å². The van der Waals surface area contributed by atoms with Crippen LogP contribution in [0.4, 0.5) is 29.5 Å². The van der Waals surface area contributed by atoms with Crippen LogP contribution in [0, 0.1) is 5.92 Å². The highest BCUT2D eigenvalue weighted by molar-refractivity contribution is 7.92. The van der Waals surface area contributed by atoms with Crippen LogP contribution in [-0.2, 0) is 31.3 Å². The summed E-state index contributed by atoms with van der Waals surface area (Å²) in [5.41, 5.74) is -6.13. The van der Waals surface area contributed by atoms with E-state index in [1.165, 1.54) is 26.4 Å². The minimum absolute atomic E-state index is 0.0770. The number of amides is 3. The summed E-state index contributed by atoms with van der Waals surface area (Å²) in [7, 11) is -6.65. The summed E-state index contributed by atoms with van der Waals surface area (Å²) in [6, 6.07) is 5.63. The fourth-order valence-electron chi connectivity index (χ4n) is 3.89. The third-order valence-electron chi connectivity index (χ3n) is 5.95. The molecule has 1 spiro atoms. The highest BCUT2D eigenvalue weighted by Crippen LogP contribution is 2.50. The quantitative estimate of drug-likeness (QED) is 0.501. The second-order valence-electron chi connectivity index (χ2n) is 8.53. The van der Waals surface area contributed by atoms with Crippen molar-refractivity contribution in [1.29, 1.82) is 0 Å². The lowest BCUT2D eigenvalue weighted by molar-refractivity contribution is -0.119. The number of hydrogen-bond acceptors (Lipinski definition) is 7. The molecular formula is C20H20F3N5O6S2. The predicted octanol–water partition coefficient (Wildman–Crippen LogP) is 1.65. The van der Waals surface area contributed by atoms with E-state index in [1.807, 2.05) is 0 Å². The van der Waals surface area contributed by atoms with Gasteiger partial charge in [0.05, 0.1) is 10.6 Å². The first kappa shape index (κ1) is 25.8. The first-order valence-corrected chi connectivity index (χ1v) is 13.2. The summed E-state index contributed by atoms with van der Waals surface area (Å²) in [6.45, 7) is 0. The van der Waals surface area contributed by atoms with Crippen molar-refractivity contribution >= 4 is 43.5 Å². The Hall–Kier alpha value is -3.24. The molecule has 0 bridgehead atoms. The zero-order valence-electron chi connectivity index (χ0n) is 18.8. The van der Waals surface area contributed by atoms with Gasteiger partial charge in [-0.1, -0.05) is 0 Å². The molecular weight excluding hydrogens is 527 g/mol. The lowest BCUT2D eigenvalue weighted by Gasteiger charge is -2.15. The van der Waals surface area contributed by atoms with Gasteiger partial charge in [-0.25, -0.2) is 23.1 Å². The van der Waals surface area contributed by atoms with E-state index in [4.69, 9.17) is 0 Å². The minimum atomic E-state index is -5.57. The molecule has 2 aromatic rings.